The first-order chi connectivity index (χ1) is 10.2. The molecule has 2 aromatic carbocycles. The Hall–Kier alpha value is -2.38. The largest absolute Gasteiger partial charge is 0.465 e. The number of hydrogen-bond acceptors (Lipinski definition) is 3. The molecule has 0 spiro atoms. The maximum absolute atomic E-state index is 11.6. The summed E-state index contributed by atoms with van der Waals surface area (Å²) in [6.07, 6.45) is 0.785. The predicted molar refractivity (Wildman–Crippen MR) is 83.3 cm³/mol. The minimum absolute atomic E-state index is 0.416. The van der Waals surface area contributed by atoms with E-state index in [0.717, 1.165) is 11.8 Å². The number of benzene rings is 2. The van der Waals surface area contributed by atoms with Crippen LogP contribution in [-0.2, 0) is 4.74 Å². The summed E-state index contributed by atoms with van der Waals surface area (Å²) in [4.78, 5) is 22.2. The first-order valence-electron chi connectivity index (χ1n) is 6.10. The number of rotatable bonds is 2. The van der Waals surface area contributed by atoms with Gasteiger partial charge in [-0.25, -0.2) is 4.79 Å². The van der Waals surface area contributed by atoms with Crippen LogP contribution in [0, 0.1) is 11.8 Å². The zero-order valence-electron chi connectivity index (χ0n) is 11.2. The van der Waals surface area contributed by atoms with E-state index in [1.165, 1.54) is 7.11 Å². The predicted octanol–water partition coefficient (Wildman–Crippen LogP) is 3.45. The lowest BCUT2D eigenvalue weighted by Gasteiger charge is -2.03. The molecule has 0 saturated carbocycles. The molecule has 0 bridgehead atoms. The monoisotopic (exact) mass is 342 g/mol. The Bertz CT molecular complexity index is 737. The molecule has 2 aromatic rings. The highest BCUT2D eigenvalue weighted by Gasteiger charge is 2.11. The van der Waals surface area contributed by atoms with E-state index in [2.05, 4.69) is 27.8 Å². The fraction of sp³-hybridized carbons (Fsp3) is 0.0588. The molecule has 0 fully saturated rings. The summed E-state index contributed by atoms with van der Waals surface area (Å²) < 4.78 is 5.32. The van der Waals surface area contributed by atoms with E-state index >= 15 is 0 Å². The molecule has 0 aliphatic rings. The smallest absolute Gasteiger partial charge is 0.339 e. The van der Waals surface area contributed by atoms with E-state index in [1.807, 2.05) is 6.07 Å². The van der Waals surface area contributed by atoms with Gasteiger partial charge in [-0.2, -0.15) is 0 Å². The molecular formula is C17H11BrO3. The van der Waals surface area contributed by atoms with Gasteiger partial charge in [0.2, 0.25) is 0 Å². The summed E-state index contributed by atoms with van der Waals surface area (Å²) in [5, 5.41) is 0. The number of aldehydes is 1. The maximum atomic E-state index is 11.6. The molecule has 0 N–H and O–H groups in total. The fourth-order valence-corrected chi connectivity index (χ4v) is 2.21. The second-order valence-corrected chi connectivity index (χ2v) is 4.94. The molecule has 3 nitrogen and oxygen atoms in total. The van der Waals surface area contributed by atoms with Crippen molar-refractivity contribution >= 4 is 28.2 Å². The minimum atomic E-state index is -0.416. The third kappa shape index (κ3) is 3.59. The number of hydrogen-bond donors (Lipinski definition) is 0. The van der Waals surface area contributed by atoms with Crippen LogP contribution in [0.5, 0.6) is 0 Å². The molecule has 0 aliphatic carbocycles. The summed E-state index contributed by atoms with van der Waals surface area (Å²) in [6, 6.07) is 12.2. The highest BCUT2D eigenvalue weighted by molar-refractivity contribution is 9.10. The average Bonchev–Trinajstić information content (AvgIpc) is 2.53. The van der Waals surface area contributed by atoms with E-state index in [1.54, 1.807) is 36.4 Å². The number of esters is 1. The van der Waals surface area contributed by atoms with Crippen molar-refractivity contribution in [1.29, 1.82) is 0 Å². The number of halogens is 1. The van der Waals surface area contributed by atoms with Gasteiger partial charge in [0.05, 0.1) is 12.7 Å². The molecule has 0 unspecified atom stereocenters. The first kappa shape index (κ1) is 15.0. The van der Waals surface area contributed by atoms with E-state index < -0.39 is 5.97 Å². The lowest BCUT2D eigenvalue weighted by atomic mass is 10.1. The topological polar surface area (TPSA) is 43.4 Å². The quantitative estimate of drug-likeness (QED) is 0.477. The maximum Gasteiger partial charge on any atom is 0.339 e. The molecule has 0 heterocycles. The molecule has 0 aliphatic heterocycles. The van der Waals surface area contributed by atoms with Gasteiger partial charge in [-0.15, -0.1) is 0 Å². The van der Waals surface area contributed by atoms with Gasteiger partial charge in [0.15, 0.2) is 0 Å². The Kier molecular flexibility index (Phi) is 4.91. The fourth-order valence-electron chi connectivity index (χ4n) is 1.68. The van der Waals surface area contributed by atoms with Crippen LogP contribution in [-0.4, -0.2) is 19.4 Å². The summed E-state index contributed by atoms with van der Waals surface area (Å²) in [5.74, 6) is 5.57. The van der Waals surface area contributed by atoms with Crippen molar-refractivity contribution in [3.63, 3.8) is 0 Å². The van der Waals surface area contributed by atoms with Gasteiger partial charge < -0.3 is 4.74 Å². The van der Waals surface area contributed by atoms with Gasteiger partial charge in [-0.1, -0.05) is 30.0 Å². The van der Waals surface area contributed by atoms with Gasteiger partial charge in [0, 0.05) is 21.2 Å². The van der Waals surface area contributed by atoms with Crippen LogP contribution in [0.25, 0.3) is 0 Å². The van der Waals surface area contributed by atoms with Crippen LogP contribution < -0.4 is 0 Å². The normalized spacial score (nSPS) is 9.43. The van der Waals surface area contributed by atoms with E-state index in [-0.39, 0.29) is 0 Å². The number of carbonyl (C=O) groups excluding carboxylic acids is 2. The second kappa shape index (κ2) is 6.87. The van der Waals surface area contributed by atoms with Crippen LogP contribution in [0.15, 0.2) is 46.9 Å². The SMILES string of the molecule is COC(=O)c1cccc(C#Cc2ccc(C=O)cc2)c1Br. The van der Waals surface area contributed by atoms with E-state index in [4.69, 9.17) is 4.74 Å². The Morgan fingerprint density at radius 2 is 1.86 bits per heavy atom. The van der Waals surface area contributed by atoms with Crippen molar-refractivity contribution in [2.75, 3.05) is 7.11 Å². The molecule has 0 atom stereocenters. The molecule has 0 saturated heterocycles. The number of ether oxygens (including phenoxy) is 1. The Morgan fingerprint density at radius 1 is 1.14 bits per heavy atom. The van der Waals surface area contributed by atoms with Gasteiger partial charge >= 0.3 is 5.97 Å². The van der Waals surface area contributed by atoms with Crippen molar-refractivity contribution in [1.82, 2.24) is 0 Å². The van der Waals surface area contributed by atoms with Gasteiger partial charge in [-0.3, -0.25) is 4.79 Å². The molecular weight excluding hydrogens is 332 g/mol. The van der Waals surface area contributed by atoms with E-state index in [0.29, 0.717) is 21.2 Å². The van der Waals surface area contributed by atoms with Crippen molar-refractivity contribution in [2.24, 2.45) is 0 Å². The molecule has 2 rings (SSSR count). The zero-order valence-corrected chi connectivity index (χ0v) is 12.8. The van der Waals surface area contributed by atoms with Crippen molar-refractivity contribution < 1.29 is 14.3 Å². The third-order valence-corrected chi connectivity index (χ3v) is 3.65. The van der Waals surface area contributed by atoms with Gasteiger partial charge in [-0.05, 0) is 40.2 Å². The molecule has 0 aromatic heterocycles. The van der Waals surface area contributed by atoms with Crippen LogP contribution in [0.4, 0.5) is 0 Å². The van der Waals surface area contributed by atoms with Crippen molar-refractivity contribution in [3.8, 4) is 11.8 Å². The zero-order chi connectivity index (χ0) is 15.2. The second-order valence-electron chi connectivity index (χ2n) is 4.15. The van der Waals surface area contributed by atoms with Crippen LogP contribution in [0.1, 0.15) is 31.8 Å². The molecule has 21 heavy (non-hydrogen) atoms. The first-order valence-corrected chi connectivity index (χ1v) is 6.89. The molecule has 0 amide bonds. The molecule has 4 heteroatoms. The van der Waals surface area contributed by atoms with Crippen LogP contribution >= 0.6 is 15.9 Å². The Labute approximate surface area is 131 Å². The van der Waals surface area contributed by atoms with Gasteiger partial charge in [0.25, 0.3) is 0 Å². The van der Waals surface area contributed by atoms with E-state index in [9.17, 15) is 9.59 Å². The van der Waals surface area contributed by atoms with Crippen LogP contribution in [0.3, 0.4) is 0 Å². The molecule has 104 valence electrons. The Morgan fingerprint density at radius 3 is 2.48 bits per heavy atom. The van der Waals surface area contributed by atoms with Crippen molar-refractivity contribution in [3.05, 3.63) is 69.2 Å². The number of carbonyl (C=O) groups is 2. The minimum Gasteiger partial charge on any atom is -0.465 e. The summed E-state index contributed by atoms with van der Waals surface area (Å²) in [5.41, 5.74) is 2.52. The Balaban J connectivity index is 2.33. The average molecular weight is 343 g/mol. The standard InChI is InChI=1S/C17H11BrO3/c1-21-17(20)15-4-2-3-14(16(15)18)10-9-12-5-7-13(11-19)8-6-12/h2-8,11H,1H3. The summed E-state index contributed by atoms with van der Waals surface area (Å²) in [6.45, 7) is 0. The number of methoxy groups -OCH3 is 1. The lowest BCUT2D eigenvalue weighted by molar-refractivity contribution is 0.0599. The molecule has 0 radical (unpaired) electrons. The lowest BCUT2D eigenvalue weighted by Crippen LogP contribution is -2.02. The van der Waals surface area contributed by atoms with Crippen molar-refractivity contribution in [2.45, 2.75) is 0 Å². The highest BCUT2D eigenvalue weighted by atomic mass is 79.9. The third-order valence-electron chi connectivity index (χ3n) is 2.79. The summed E-state index contributed by atoms with van der Waals surface area (Å²) in [7, 11) is 1.34. The van der Waals surface area contributed by atoms with Gasteiger partial charge in [0.1, 0.15) is 6.29 Å². The highest BCUT2D eigenvalue weighted by Crippen LogP contribution is 2.22. The van der Waals surface area contributed by atoms with Crippen LogP contribution in [0.2, 0.25) is 0 Å². The summed E-state index contributed by atoms with van der Waals surface area (Å²) >= 11 is 3.37.